The first-order valence-electron chi connectivity index (χ1n) is 9.02. The summed E-state index contributed by atoms with van der Waals surface area (Å²) >= 11 is 0. The van der Waals surface area contributed by atoms with E-state index in [1.807, 2.05) is 0 Å². The van der Waals surface area contributed by atoms with E-state index in [1.54, 1.807) is 0 Å². The van der Waals surface area contributed by atoms with Gasteiger partial charge in [-0.15, -0.1) is 0 Å². The van der Waals surface area contributed by atoms with Gasteiger partial charge in [0.05, 0.1) is 19.9 Å². The molecule has 0 bridgehead atoms. The predicted octanol–water partition coefficient (Wildman–Crippen LogP) is 5.32. The molecule has 6 heteroatoms. The van der Waals surface area contributed by atoms with Crippen LogP contribution in [0.25, 0.3) is 0 Å². The van der Waals surface area contributed by atoms with E-state index in [9.17, 15) is 17.6 Å². The minimum atomic E-state index is -1.48. The fourth-order valence-corrected chi connectivity index (χ4v) is 4.01. The van der Waals surface area contributed by atoms with Crippen LogP contribution in [-0.4, -0.2) is 19.9 Å². The highest BCUT2D eigenvalue weighted by molar-refractivity contribution is 5.20. The molecule has 2 fully saturated rings. The molecule has 0 spiro atoms. The standard InChI is InChI=1S/C19H24F4O2/c20-7-1-2-12-3-5-13(6-4-12)15-10-24-19(25-11-15)14-8-16(21)18(23)17(22)9-14/h8-9,12-13,15,19H,1-7,10-11H2. The van der Waals surface area contributed by atoms with Crippen LogP contribution in [0.4, 0.5) is 17.6 Å². The molecule has 140 valence electrons. The van der Waals surface area contributed by atoms with Crippen LogP contribution < -0.4 is 0 Å². The van der Waals surface area contributed by atoms with Crippen molar-refractivity contribution in [1.82, 2.24) is 0 Å². The van der Waals surface area contributed by atoms with Gasteiger partial charge in [0.15, 0.2) is 23.7 Å². The highest BCUT2D eigenvalue weighted by Crippen LogP contribution is 2.38. The SMILES string of the molecule is FCCCC1CCC(C2COC(c3cc(F)c(F)c(F)c3)OC2)CC1. The number of hydrogen-bond donors (Lipinski definition) is 0. The number of alkyl halides is 1. The first-order valence-corrected chi connectivity index (χ1v) is 9.02. The highest BCUT2D eigenvalue weighted by Gasteiger charge is 2.32. The zero-order valence-corrected chi connectivity index (χ0v) is 14.2. The van der Waals surface area contributed by atoms with Gasteiger partial charge in [0.25, 0.3) is 0 Å². The van der Waals surface area contributed by atoms with Gasteiger partial charge in [-0.05, 0) is 49.7 Å². The summed E-state index contributed by atoms with van der Waals surface area (Å²) in [6.45, 7) is 0.687. The minimum absolute atomic E-state index is 0.157. The Morgan fingerprint density at radius 2 is 1.48 bits per heavy atom. The number of rotatable bonds is 5. The number of halogens is 4. The molecule has 0 aromatic heterocycles. The molecule has 0 radical (unpaired) electrons. The van der Waals surface area contributed by atoms with E-state index in [4.69, 9.17) is 9.47 Å². The molecule has 1 aromatic rings. The molecular weight excluding hydrogens is 336 g/mol. The molecule has 1 aliphatic heterocycles. The third-order valence-corrected chi connectivity index (χ3v) is 5.51. The van der Waals surface area contributed by atoms with E-state index in [0.29, 0.717) is 31.5 Å². The van der Waals surface area contributed by atoms with Crippen LogP contribution in [-0.2, 0) is 9.47 Å². The number of hydrogen-bond acceptors (Lipinski definition) is 2. The molecule has 0 atom stereocenters. The molecule has 1 aromatic carbocycles. The van der Waals surface area contributed by atoms with Crippen molar-refractivity contribution in [3.05, 3.63) is 35.1 Å². The first kappa shape index (κ1) is 18.6. The van der Waals surface area contributed by atoms with Crippen LogP contribution >= 0.6 is 0 Å². The molecule has 2 nitrogen and oxygen atoms in total. The van der Waals surface area contributed by atoms with Crippen molar-refractivity contribution in [3.8, 4) is 0 Å². The Balaban J connectivity index is 1.49. The smallest absolute Gasteiger partial charge is 0.194 e. The van der Waals surface area contributed by atoms with Crippen LogP contribution in [0.15, 0.2) is 12.1 Å². The third kappa shape index (κ3) is 4.53. The van der Waals surface area contributed by atoms with Crippen molar-refractivity contribution in [3.63, 3.8) is 0 Å². The Labute approximate surface area is 145 Å². The van der Waals surface area contributed by atoms with Crippen molar-refractivity contribution in [2.75, 3.05) is 19.9 Å². The van der Waals surface area contributed by atoms with Crippen molar-refractivity contribution < 1.29 is 27.0 Å². The van der Waals surface area contributed by atoms with Crippen molar-refractivity contribution >= 4 is 0 Å². The van der Waals surface area contributed by atoms with E-state index < -0.39 is 23.7 Å². The molecule has 1 heterocycles. The van der Waals surface area contributed by atoms with Crippen LogP contribution in [0.1, 0.15) is 50.4 Å². The summed E-state index contributed by atoms with van der Waals surface area (Å²) in [5.74, 6) is -2.58. The van der Waals surface area contributed by atoms with Gasteiger partial charge in [-0.1, -0.05) is 12.8 Å². The highest BCUT2D eigenvalue weighted by atomic mass is 19.2. The fraction of sp³-hybridized carbons (Fsp3) is 0.684. The van der Waals surface area contributed by atoms with Gasteiger partial charge >= 0.3 is 0 Å². The van der Waals surface area contributed by atoms with Gasteiger partial charge in [-0.2, -0.15) is 0 Å². The van der Waals surface area contributed by atoms with Crippen LogP contribution in [0, 0.1) is 35.2 Å². The monoisotopic (exact) mass is 360 g/mol. The van der Waals surface area contributed by atoms with Crippen molar-refractivity contribution in [1.29, 1.82) is 0 Å². The number of ether oxygens (including phenoxy) is 2. The number of benzene rings is 1. The first-order chi connectivity index (χ1) is 12.1. The second-order valence-electron chi connectivity index (χ2n) is 7.17. The van der Waals surface area contributed by atoms with E-state index in [0.717, 1.165) is 44.2 Å². The lowest BCUT2D eigenvalue weighted by atomic mass is 9.75. The second-order valence-corrected chi connectivity index (χ2v) is 7.17. The van der Waals surface area contributed by atoms with E-state index >= 15 is 0 Å². The molecule has 2 aliphatic rings. The van der Waals surface area contributed by atoms with E-state index in [2.05, 4.69) is 0 Å². The maximum Gasteiger partial charge on any atom is 0.194 e. The summed E-state index contributed by atoms with van der Waals surface area (Å²) in [4.78, 5) is 0. The molecule has 1 aliphatic carbocycles. The second kappa shape index (κ2) is 8.49. The largest absolute Gasteiger partial charge is 0.348 e. The van der Waals surface area contributed by atoms with Gasteiger partial charge in [0, 0.05) is 11.5 Å². The van der Waals surface area contributed by atoms with Crippen LogP contribution in [0.2, 0.25) is 0 Å². The summed E-state index contributed by atoms with van der Waals surface area (Å²) in [6, 6.07) is 1.83. The van der Waals surface area contributed by atoms with Gasteiger partial charge in [0.2, 0.25) is 0 Å². The molecule has 25 heavy (non-hydrogen) atoms. The molecule has 0 amide bonds. The molecule has 0 unspecified atom stereocenters. The molecule has 1 saturated carbocycles. The Kier molecular flexibility index (Phi) is 6.34. The van der Waals surface area contributed by atoms with E-state index in [1.165, 1.54) is 0 Å². The summed E-state index contributed by atoms with van der Waals surface area (Å²) < 4.78 is 63.3. The summed E-state index contributed by atoms with van der Waals surface area (Å²) in [7, 11) is 0. The quantitative estimate of drug-likeness (QED) is 0.522. The van der Waals surface area contributed by atoms with Gasteiger partial charge in [-0.25, -0.2) is 13.2 Å². The zero-order valence-electron chi connectivity index (χ0n) is 14.2. The summed E-state index contributed by atoms with van der Waals surface area (Å²) in [5.41, 5.74) is 0.157. The summed E-state index contributed by atoms with van der Waals surface area (Å²) in [6.07, 6.45) is 5.14. The van der Waals surface area contributed by atoms with Crippen molar-refractivity contribution in [2.45, 2.75) is 44.8 Å². The lowest BCUT2D eigenvalue weighted by Crippen LogP contribution is -2.34. The predicted molar refractivity (Wildman–Crippen MR) is 85.1 cm³/mol. The average molecular weight is 360 g/mol. The molecule has 1 saturated heterocycles. The normalized spacial score (nSPS) is 30.4. The van der Waals surface area contributed by atoms with Gasteiger partial charge in [0.1, 0.15) is 0 Å². The van der Waals surface area contributed by atoms with Crippen LogP contribution in [0.3, 0.4) is 0 Å². The van der Waals surface area contributed by atoms with Crippen molar-refractivity contribution in [2.24, 2.45) is 17.8 Å². The fourth-order valence-electron chi connectivity index (χ4n) is 4.01. The zero-order chi connectivity index (χ0) is 17.8. The Morgan fingerprint density at radius 3 is 2.04 bits per heavy atom. The summed E-state index contributed by atoms with van der Waals surface area (Å²) in [5, 5.41) is 0. The van der Waals surface area contributed by atoms with Gasteiger partial charge < -0.3 is 9.47 Å². The Morgan fingerprint density at radius 1 is 0.880 bits per heavy atom. The van der Waals surface area contributed by atoms with Crippen LogP contribution in [0.5, 0.6) is 0 Å². The maximum absolute atomic E-state index is 13.3. The lowest BCUT2D eigenvalue weighted by molar-refractivity contribution is -0.215. The van der Waals surface area contributed by atoms with Gasteiger partial charge in [-0.3, -0.25) is 4.39 Å². The molecular formula is C19H24F4O2. The topological polar surface area (TPSA) is 18.5 Å². The lowest BCUT2D eigenvalue weighted by Gasteiger charge is -2.37. The molecule has 0 N–H and O–H groups in total. The Bertz CT molecular complexity index is 542. The maximum atomic E-state index is 13.3. The minimum Gasteiger partial charge on any atom is -0.348 e. The van der Waals surface area contributed by atoms with E-state index in [-0.39, 0.29) is 18.2 Å². The third-order valence-electron chi connectivity index (χ3n) is 5.51. The molecule has 3 rings (SSSR count). The average Bonchev–Trinajstić information content (AvgIpc) is 2.64. The Hall–Kier alpha value is -1.14.